The van der Waals surface area contributed by atoms with Crippen molar-refractivity contribution in [3.8, 4) is 0 Å². The lowest BCUT2D eigenvalue weighted by Gasteiger charge is -2.20. The summed E-state index contributed by atoms with van der Waals surface area (Å²) in [5.74, 6) is 0.819. The number of fused-ring (bicyclic) bond motifs is 1. The maximum atomic E-state index is 6.22. The Morgan fingerprint density at radius 1 is 1.00 bits per heavy atom. The largest absolute Gasteiger partial charge is 0.341 e. The van der Waals surface area contributed by atoms with Crippen LogP contribution in [0.25, 0.3) is 0 Å². The number of nitrogens with one attached hydrogen (secondary N) is 1. The van der Waals surface area contributed by atoms with E-state index in [9.17, 15) is 0 Å². The smallest absolute Gasteiger partial charge is 0.227 e. The Bertz CT molecular complexity index is 413. The van der Waals surface area contributed by atoms with Gasteiger partial charge in [-0.15, -0.1) is 0 Å². The third-order valence-electron chi connectivity index (χ3n) is 3.51. The molecular weight excluding hydrogens is 236 g/mol. The van der Waals surface area contributed by atoms with Crippen molar-refractivity contribution in [3.05, 3.63) is 16.4 Å². The number of rotatable bonds is 1. The molecule has 0 saturated carbocycles. The molecule has 1 aromatic heterocycles. The van der Waals surface area contributed by atoms with Crippen molar-refractivity contribution in [2.45, 2.75) is 38.8 Å². The summed E-state index contributed by atoms with van der Waals surface area (Å²) in [6.45, 7) is 3.73. The zero-order chi connectivity index (χ0) is 11.7. The van der Waals surface area contributed by atoms with E-state index in [0.29, 0.717) is 5.15 Å². The molecule has 5 heteroatoms. The van der Waals surface area contributed by atoms with E-state index >= 15 is 0 Å². The third-order valence-corrected chi connectivity index (χ3v) is 3.83. The van der Waals surface area contributed by atoms with Crippen LogP contribution in [0.3, 0.4) is 0 Å². The van der Waals surface area contributed by atoms with Gasteiger partial charge in [0.1, 0.15) is 5.15 Å². The summed E-state index contributed by atoms with van der Waals surface area (Å²) in [6, 6.07) is 0. The van der Waals surface area contributed by atoms with Gasteiger partial charge in [-0.1, -0.05) is 24.4 Å². The van der Waals surface area contributed by atoms with Gasteiger partial charge in [0.2, 0.25) is 5.95 Å². The second-order valence-electron chi connectivity index (χ2n) is 4.74. The lowest BCUT2D eigenvalue weighted by molar-refractivity contribution is 0.726. The average Bonchev–Trinajstić information content (AvgIpc) is 2.63. The lowest BCUT2D eigenvalue weighted by atomic mass is 10.2. The van der Waals surface area contributed by atoms with Crippen LogP contribution in [0.2, 0.25) is 5.15 Å². The average molecular weight is 253 g/mol. The Hall–Kier alpha value is -0.870. The van der Waals surface area contributed by atoms with Crippen LogP contribution in [-0.4, -0.2) is 23.1 Å². The number of aromatic nitrogens is 2. The molecule has 0 spiro atoms. The zero-order valence-corrected chi connectivity index (χ0v) is 10.6. The third kappa shape index (κ3) is 2.24. The van der Waals surface area contributed by atoms with Crippen LogP contribution in [-0.2, 0) is 13.1 Å². The lowest BCUT2D eigenvalue weighted by Crippen LogP contribution is -2.26. The highest BCUT2D eigenvalue weighted by Crippen LogP contribution is 2.25. The fraction of sp³-hybridized carbons (Fsp3) is 0.667. The van der Waals surface area contributed by atoms with Crippen molar-refractivity contribution in [2.24, 2.45) is 0 Å². The molecule has 1 fully saturated rings. The van der Waals surface area contributed by atoms with Crippen LogP contribution >= 0.6 is 11.6 Å². The first-order chi connectivity index (χ1) is 8.34. The fourth-order valence-electron chi connectivity index (χ4n) is 2.53. The summed E-state index contributed by atoms with van der Waals surface area (Å²) in [7, 11) is 0. The summed E-state index contributed by atoms with van der Waals surface area (Å²) in [5.41, 5.74) is 2.15. The Kier molecular flexibility index (Phi) is 3.16. The fourth-order valence-corrected chi connectivity index (χ4v) is 2.78. The van der Waals surface area contributed by atoms with Crippen LogP contribution in [0.15, 0.2) is 0 Å². The van der Waals surface area contributed by atoms with Gasteiger partial charge in [-0.25, -0.2) is 9.97 Å². The second-order valence-corrected chi connectivity index (χ2v) is 5.10. The van der Waals surface area contributed by atoms with Gasteiger partial charge in [-0.3, -0.25) is 0 Å². The van der Waals surface area contributed by atoms with Gasteiger partial charge in [-0.2, -0.15) is 0 Å². The first-order valence-electron chi connectivity index (χ1n) is 6.35. The summed E-state index contributed by atoms with van der Waals surface area (Å²) in [6.07, 6.45) is 5.10. The van der Waals surface area contributed by atoms with E-state index in [1.807, 2.05) is 0 Å². The molecule has 17 heavy (non-hydrogen) atoms. The summed E-state index contributed by atoms with van der Waals surface area (Å²) in [4.78, 5) is 11.4. The zero-order valence-electron chi connectivity index (χ0n) is 9.88. The van der Waals surface area contributed by atoms with Crippen molar-refractivity contribution < 1.29 is 0 Å². The van der Waals surface area contributed by atoms with Crippen LogP contribution < -0.4 is 10.2 Å². The van der Waals surface area contributed by atoms with Gasteiger partial charge in [0, 0.05) is 31.7 Å². The van der Waals surface area contributed by atoms with E-state index < -0.39 is 0 Å². The van der Waals surface area contributed by atoms with Gasteiger partial charge >= 0.3 is 0 Å². The van der Waals surface area contributed by atoms with Crippen molar-refractivity contribution in [1.29, 1.82) is 0 Å². The van der Waals surface area contributed by atoms with E-state index in [-0.39, 0.29) is 0 Å². The second kappa shape index (κ2) is 4.78. The molecule has 0 unspecified atom stereocenters. The maximum absolute atomic E-state index is 6.22. The van der Waals surface area contributed by atoms with Gasteiger partial charge in [0.25, 0.3) is 0 Å². The molecule has 0 aliphatic carbocycles. The standard InChI is InChI=1S/C12H17ClN4/c13-11-9-7-14-8-10(9)15-12(16-11)17-5-3-1-2-4-6-17/h14H,1-8H2. The van der Waals surface area contributed by atoms with Gasteiger partial charge in [-0.05, 0) is 12.8 Å². The minimum absolute atomic E-state index is 0.624. The molecule has 3 heterocycles. The highest BCUT2D eigenvalue weighted by atomic mass is 35.5. The molecule has 2 aliphatic rings. The van der Waals surface area contributed by atoms with Crippen LogP contribution in [0.5, 0.6) is 0 Å². The normalized spacial score (nSPS) is 20.2. The van der Waals surface area contributed by atoms with E-state index in [1.54, 1.807) is 0 Å². The van der Waals surface area contributed by atoms with Crippen LogP contribution in [0, 0.1) is 0 Å². The highest BCUT2D eigenvalue weighted by Gasteiger charge is 2.20. The minimum atomic E-state index is 0.624. The monoisotopic (exact) mass is 252 g/mol. The molecule has 1 saturated heterocycles. The summed E-state index contributed by atoms with van der Waals surface area (Å²) >= 11 is 6.22. The van der Waals surface area contributed by atoms with Gasteiger partial charge < -0.3 is 10.2 Å². The highest BCUT2D eigenvalue weighted by molar-refractivity contribution is 6.30. The van der Waals surface area contributed by atoms with E-state index in [1.165, 1.54) is 25.7 Å². The number of hydrogen-bond acceptors (Lipinski definition) is 4. The Morgan fingerprint density at radius 2 is 1.76 bits per heavy atom. The Balaban J connectivity index is 1.89. The number of nitrogens with zero attached hydrogens (tertiary/aromatic N) is 3. The molecule has 0 atom stereocenters. The summed E-state index contributed by atoms with van der Waals surface area (Å²) < 4.78 is 0. The van der Waals surface area contributed by atoms with Crippen molar-refractivity contribution in [1.82, 2.24) is 15.3 Å². The van der Waals surface area contributed by atoms with E-state index in [4.69, 9.17) is 11.6 Å². The molecule has 4 nitrogen and oxygen atoms in total. The number of anilines is 1. The molecule has 3 rings (SSSR count). The Morgan fingerprint density at radius 3 is 2.53 bits per heavy atom. The van der Waals surface area contributed by atoms with Crippen molar-refractivity contribution >= 4 is 17.5 Å². The van der Waals surface area contributed by atoms with Crippen molar-refractivity contribution in [3.63, 3.8) is 0 Å². The summed E-state index contributed by atoms with van der Waals surface area (Å²) in [5, 5.41) is 3.89. The van der Waals surface area contributed by atoms with E-state index in [0.717, 1.165) is 43.4 Å². The SMILES string of the molecule is Clc1nc(N2CCCCCC2)nc2c1CNC2. The molecule has 0 bridgehead atoms. The van der Waals surface area contributed by atoms with Crippen LogP contribution in [0.4, 0.5) is 5.95 Å². The van der Waals surface area contributed by atoms with Gasteiger partial charge in [0.15, 0.2) is 0 Å². The molecule has 92 valence electrons. The minimum Gasteiger partial charge on any atom is -0.341 e. The first kappa shape index (κ1) is 11.2. The molecule has 1 aromatic rings. The molecule has 1 N–H and O–H groups in total. The molecular formula is C12H17ClN4. The van der Waals surface area contributed by atoms with Gasteiger partial charge in [0.05, 0.1) is 5.69 Å². The molecule has 0 amide bonds. The quantitative estimate of drug-likeness (QED) is 0.778. The predicted molar refractivity (Wildman–Crippen MR) is 68.3 cm³/mol. The molecule has 0 aromatic carbocycles. The first-order valence-corrected chi connectivity index (χ1v) is 6.73. The van der Waals surface area contributed by atoms with Crippen molar-refractivity contribution in [2.75, 3.05) is 18.0 Å². The topological polar surface area (TPSA) is 41.1 Å². The number of halogens is 1. The Labute approximate surface area is 106 Å². The molecule has 2 aliphatic heterocycles. The van der Waals surface area contributed by atoms with Crippen LogP contribution in [0.1, 0.15) is 36.9 Å². The number of hydrogen-bond donors (Lipinski definition) is 1. The predicted octanol–water partition coefficient (Wildman–Crippen LogP) is 2.11. The maximum Gasteiger partial charge on any atom is 0.227 e. The van der Waals surface area contributed by atoms with E-state index in [2.05, 4.69) is 20.2 Å². The molecule has 0 radical (unpaired) electrons.